The van der Waals surface area contributed by atoms with Crippen molar-refractivity contribution in [2.45, 2.75) is 25.9 Å². The van der Waals surface area contributed by atoms with Gasteiger partial charge in [-0.05, 0) is 35.8 Å². The molecule has 1 aromatic rings. The summed E-state index contributed by atoms with van der Waals surface area (Å²) < 4.78 is 5.68. The molecule has 1 atom stereocenters. The molecule has 1 N–H and O–H groups in total. The largest absolute Gasteiger partial charge is 0.453 e. The summed E-state index contributed by atoms with van der Waals surface area (Å²) in [6.45, 7) is 1.40. The molecule has 0 fully saturated rings. The van der Waals surface area contributed by atoms with E-state index in [1.165, 1.54) is 18.1 Å². The van der Waals surface area contributed by atoms with Crippen molar-refractivity contribution in [1.82, 2.24) is 0 Å². The molecule has 150 valence electrons. The second-order valence-electron chi connectivity index (χ2n) is 7.21. The topological polar surface area (TPSA) is 67.8 Å². The Balaban J connectivity index is 1.55. The number of fused-ring (bicyclic) bond motifs is 3. The summed E-state index contributed by atoms with van der Waals surface area (Å²) in [4.78, 5) is 28.8. The van der Waals surface area contributed by atoms with Crippen LogP contribution in [0.3, 0.4) is 0 Å². The van der Waals surface area contributed by atoms with E-state index in [2.05, 4.69) is 34.6 Å². The van der Waals surface area contributed by atoms with Crippen molar-refractivity contribution < 1.29 is 14.3 Å². The van der Waals surface area contributed by atoms with Crippen molar-refractivity contribution in [2.75, 3.05) is 5.32 Å². The molecule has 0 spiro atoms. The van der Waals surface area contributed by atoms with Crippen LogP contribution in [0.15, 0.2) is 100 Å². The Bertz CT molecular complexity index is 1100. The molecule has 2 bridgehead atoms. The van der Waals surface area contributed by atoms with Gasteiger partial charge < -0.3 is 10.1 Å². The maximum Gasteiger partial charge on any atom is 0.340 e. The van der Waals surface area contributed by atoms with Crippen LogP contribution in [0.4, 0.5) is 5.69 Å². The number of benzene rings is 1. The molecule has 3 aliphatic rings. The lowest BCUT2D eigenvalue weighted by atomic mass is 9.99. The van der Waals surface area contributed by atoms with Crippen LogP contribution in [-0.2, 0) is 9.53 Å². The zero-order chi connectivity index (χ0) is 20.9. The predicted octanol–water partition coefficient (Wildman–Crippen LogP) is 4.84. The van der Waals surface area contributed by atoms with Crippen LogP contribution in [0.1, 0.15) is 30.1 Å². The van der Waals surface area contributed by atoms with Gasteiger partial charge in [0, 0.05) is 25.1 Å². The first kappa shape index (κ1) is 19.6. The van der Waals surface area contributed by atoms with Gasteiger partial charge in [0.2, 0.25) is 5.91 Å². The van der Waals surface area contributed by atoms with E-state index < -0.39 is 12.1 Å². The fourth-order valence-corrected chi connectivity index (χ4v) is 3.51. The minimum atomic E-state index is -0.504. The van der Waals surface area contributed by atoms with Crippen molar-refractivity contribution in [1.29, 1.82) is 0 Å². The number of para-hydroxylation sites is 1. The van der Waals surface area contributed by atoms with Gasteiger partial charge in [0.15, 0.2) is 0 Å². The molecule has 1 unspecified atom stereocenters. The number of hydrogen-bond acceptors (Lipinski definition) is 4. The van der Waals surface area contributed by atoms with Crippen LogP contribution in [-0.4, -0.2) is 24.2 Å². The van der Waals surface area contributed by atoms with Gasteiger partial charge in [0.25, 0.3) is 0 Å². The number of nitrogens with zero attached hydrogens (tertiary/aromatic N) is 1. The highest BCUT2D eigenvalue weighted by Gasteiger charge is 2.19. The maximum absolute atomic E-state index is 12.7. The molecule has 0 saturated heterocycles. The van der Waals surface area contributed by atoms with Crippen molar-refractivity contribution in [3.05, 3.63) is 101 Å². The first-order valence-electron chi connectivity index (χ1n) is 9.87. The quantitative estimate of drug-likeness (QED) is 0.741. The standard InChI is InChI=1S/C25H22N2O3/c1-17(28)27-24-12-5-3-9-22(24)25(29)30-20-8-6-10-21-19-14-13-18(15-19)7-2-4-11-23(21)26-16-20/h2-7,9-14,16,20H,8,15H2,1H3,(H,27,28). The van der Waals surface area contributed by atoms with Crippen LogP contribution >= 0.6 is 0 Å². The van der Waals surface area contributed by atoms with Crippen LogP contribution in [0.2, 0.25) is 0 Å². The third-order valence-electron chi connectivity index (χ3n) is 4.94. The van der Waals surface area contributed by atoms with Crippen molar-refractivity contribution in [3.8, 4) is 0 Å². The van der Waals surface area contributed by atoms with E-state index in [4.69, 9.17) is 4.74 Å². The highest BCUT2D eigenvalue weighted by atomic mass is 16.5. The number of carbonyl (C=O) groups is 2. The summed E-state index contributed by atoms with van der Waals surface area (Å²) in [5.74, 6) is -0.746. The lowest BCUT2D eigenvalue weighted by Crippen LogP contribution is -2.21. The van der Waals surface area contributed by atoms with E-state index >= 15 is 0 Å². The zero-order valence-electron chi connectivity index (χ0n) is 16.7. The summed E-state index contributed by atoms with van der Waals surface area (Å²) >= 11 is 0. The van der Waals surface area contributed by atoms with Gasteiger partial charge in [-0.2, -0.15) is 0 Å². The Labute approximate surface area is 175 Å². The van der Waals surface area contributed by atoms with E-state index in [9.17, 15) is 9.59 Å². The average Bonchev–Trinajstić information content (AvgIpc) is 3.19. The number of esters is 1. The number of hydrogen-bond donors (Lipinski definition) is 1. The Hall–Kier alpha value is -3.73. The molecule has 5 nitrogen and oxygen atoms in total. The first-order chi connectivity index (χ1) is 14.6. The number of ether oxygens (including phenoxy) is 1. The van der Waals surface area contributed by atoms with Gasteiger partial charge in [0.1, 0.15) is 6.10 Å². The lowest BCUT2D eigenvalue weighted by molar-refractivity contribution is -0.114. The van der Waals surface area contributed by atoms with Gasteiger partial charge in [-0.1, -0.05) is 54.7 Å². The van der Waals surface area contributed by atoms with Crippen molar-refractivity contribution in [2.24, 2.45) is 4.99 Å². The molecule has 1 aliphatic heterocycles. The van der Waals surface area contributed by atoms with Gasteiger partial charge in [-0.25, -0.2) is 4.79 Å². The van der Waals surface area contributed by atoms with Crippen LogP contribution in [0.25, 0.3) is 0 Å². The highest BCUT2D eigenvalue weighted by Crippen LogP contribution is 2.31. The Morgan fingerprint density at radius 3 is 2.80 bits per heavy atom. The number of nitrogens with one attached hydrogen (secondary N) is 1. The summed E-state index contributed by atoms with van der Waals surface area (Å²) in [6, 6.07) is 6.80. The van der Waals surface area contributed by atoms with Crippen LogP contribution in [0.5, 0.6) is 0 Å². The molecule has 0 aromatic heterocycles. The summed E-state index contributed by atoms with van der Waals surface area (Å²) in [7, 11) is 0. The molecule has 1 amide bonds. The second kappa shape index (κ2) is 8.74. The molecule has 30 heavy (non-hydrogen) atoms. The number of allylic oxidation sites excluding steroid dienone is 10. The Kier molecular flexibility index (Phi) is 5.70. The molecule has 4 rings (SSSR count). The molecule has 5 heteroatoms. The molecule has 0 saturated carbocycles. The minimum Gasteiger partial charge on any atom is -0.453 e. The van der Waals surface area contributed by atoms with E-state index in [1.54, 1.807) is 30.5 Å². The summed E-state index contributed by atoms with van der Waals surface area (Å²) in [5, 5.41) is 2.66. The number of rotatable bonds is 3. The van der Waals surface area contributed by atoms with Gasteiger partial charge >= 0.3 is 5.97 Å². The van der Waals surface area contributed by atoms with Crippen LogP contribution in [0, 0.1) is 0 Å². The van der Waals surface area contributed by atoms with Crippen molar-refractivity contribution in [3.63, 3.8) is 0 Å². The van der Waals surface area contributed by atoms with Crippen molar-refractivity contribution >= 4 is 23.8 Å². The highest BCUT2D eigenvalue weighted by molar-refractivity contribution is 6.01. The van der Waals surface area contributed by atoms with Gasteiger partial charge in [-0.15, -0.1) is 0 Å². The zero-order valence-corrected chi connectivity index (χ0v) is 16.7. The monoisotopic (exact) mass is 398 g/mol. The Morgan fingerprint density at radius 2 is 1.93 bits per heavy atom. The van der Waals surface area contributed by atoms with Gasteiger partial charge in [0.05, 0.1) is 16.9 Å². The predicted molar refractivity (Wildman–Crippen MR) is 118 cm³/mol. The molecule has 2 aliphatic carbocycles. The third-order valence-corrected chi connectivity index (χ3v) is 4.94. The first-order valence-corrected chi connectivity index (χ1v) is 9.87. The normalized spacial score (nSPS) is 19.6. The van der Waals surface area contributed by atoms with E-state index in [-0.39, 0.29) is 5.91 Å². The van der Waals surface area contributed by atoms with E-state index in [1.807, 2.05) is 24.3 Å². The van der Waals surface area contributed by atoms with Crippen LogP contribution < -0.4 is 5.32 Å². The second-order valence-corrected chi connectivity index (χ2v) is 7.21. The van der Waals surface area contributed by atoms with Gasteiger partial charge in [-0.3, -0.25) is 9.79 Å². The Morgan fingerprint density at radius 1 is 1.10 bits per heavy atom. The maximum atomic E-state index is 12.7. The molecular formula is C25H22N2O3. The van der Waals surface area contributed by atoms with E-state index in [0.29, 0.717) is 17.7 Å². The molecule has 0 radical (unpaired) electrons. The SMILES string of the molecule is CC(=O)Nc1ccccc1C(=O)OC1C=NC2=C(C=CC1)C1=CC=C(C=CC=C2)C1. The number of amides is 1. The van der Waals surface area contributed by atoms with E-state index in [0.717, 1.165) is 17.7 Å². The number of aliphatic imine (C=N–C) groups is 1. The fraction of sp³-hybridized carbons (Fsp3) is 0.160. The smallest absolute Gasteiger partial charge is 0.340 e. The minimum absolute atomic E-state index is 0.245. The fourth-order valence-electron chi connectivity index (χ4n) is 3.51. The average molecular weight is 398 g/mol. The molecular weight excluding hydrogens is 376 g/mol. The summed E-state index contributed by atoms with van der Waals surface area (Å²) in [6.07, 6.45) is 18.9. The number of carbonyl (C=O) groups excluding carboxylic acids is 2. The molecule has 1 heterocycles. The summed E-state index contributed by atoms with van der Waals surface area (Å²) in [5.41, 5.74) is 5.16. The lowest BCUT2D eigenvalue weighted by Gasteiger charge is -2.17. The number of anilines is 1. The molecule has 1 aromatic carbocycles. The third kappa shape index (κ3) is 4.46.